The number of β-amino-alcohol motifs (C(OH)–C–C–N with tert-alkyl or cyclic N) is 1. The molecule has 0 aliphatic carbocycles. The third-order valence-corrected chi connectivity index (χ3v) is 8.03. The molecule has 1 N–H and O–H groups in total. The minimum Gasteiger partial charge on any atom is -0.383 e. The Kier molecular flexibility index (Phi) is 6.64. The second kappa shape index (κ2) is 9.80. The van der Waals surface area contributed by atoms with E-state index in [1.165, 1.54) is 24.0 Å². The van der Waals surface area contributed by atoms with Crippen molar-refractivity contribution in [3.8, 4) is 0 Å². The molecular weight excluding hydrogens is 404 g/mol. The Balaban J connectivity index is 1.32. The van der Waals surface area contributed by atoms with Gasteiger partial charge in [0.2, 0.25) is 0 Å². The predicted octanol–water partition coefficient (Wildman–Crippen LogP) is 5.27. The van der Waals surface area contributed by atoms with E-state index in [1.807, 2.05) is 6.07 Å². The van der Waals surface area contributed by atoms with Gasteiger partial charge in [-0.2, -0.15) is 0 Å². The minimum atomic E-state index is -0.828. The number of hydrogen-bond acceptors (Lipinski definition) is 3. The summed E-state index contributed by atoms with van der Waals surface area (Å²) in [5.41, 5.74) is 3.01. The molecule has 2 aliphatic rings. The third-order valence-electron chi connectivity index (χ3n) is 8.03. The lowest BCUT2D eigenvalue weighted by molar-refractivity contribution is -0.0118. The van der Waals surface area contributed by atoms with Crippen LogP contribution in [0.25, 0.3) is 0 Å². The summed E-state index contributed by atoms with van der Waals surface area (Å²) in [6, 6.07) is 32.3. The number of aliphatic hydroxyl groups is 1. The van der Waals surface area contributed by atoms with Crippen LogP contribution in [0.15, 0.2) is 91.0 Å². The number of likely N-dealkylation sites (tertiary alicyclic amines) is 2. The molecule has 2 fully saturated rings. The number of nitrogens with zero attached hydrogens (tertiary/aromatic N) is 2. The fourth-order valence-corrected chi connectivity index (χ4v) is 6.03. The van der Waals surface area contributed by atoms with Crippen LogP contribution in [-0.2, 0) is 12.1 Å². The molecule has 0 spiro atoms. The first-order valence-corrected chi connectivity index (χ1v) is 12.5. The Labute approximate surface area is 198 Å². The molecule has 3 heteroatoms. The monoisotopic (exact) mass is 440 g/mol. The summed E-state index contributed by atoms with van der Waals surface area (Å²) in [5.74, 6) is 0.836. The predicted molar refractivity (Wildman–Crippen MR) is 135 cm³/mol. The fraction of sp³-hybridized carbons (Fsp3) is 0.400. The van der Waals surface area contributed by atoms with Crippen LogP contribution in [-0.4, -0.2) is 47.1 Å². The molecule has 5 rings (SSSR count). The van der Waals surface area contributed by atoms with Gasteiger partial charge in [0, 0.05) is 31.6 Å². The summed E-state index contributed by atoms with van der Waals surface area (Å²) < 4.78 is 0. The van der Waals surface area contributed by atoms with Crippen molar-refractivity contribution in [3.05, 3.63) is 108 Å². The van der Waals surface area contributed by atoms with E-state index in [9.17, 15) is 5.11 Å². The lowest BCUT2D eigenvalue weighted by Gasteiger charge is -2.38. The SMILES string of the molecule is C[C@H]1[C@@H](CN2CCC(c3ccccc3)CC2)C(O)(c2ccccc2)CN1Cc1ccccc1. The van der Waals surface area contributed by atoms with Crippen molar-refractivity contribution in [2.45, 2.75) is 43.9 Å². The van der Waals surface area contributed by atoms with Gasteiger partial charge in [-0.3, -0.25) is 4.90 Å². The van der Waals surface area contributed by atoms with E-state index in [0.717, 1.165) is 31.7 Å². The van der Waals surface area contributed by atoms with Gasteiger partial charge in [-0.1, -0.05) is 91.0 Å². The Bertz CT molecular complexity index is 1000. The number of hydrogen-bond donors (Lipinski definition) is 1. The van der Waals surface area contributed by atoms with Crippen LogP contribution in [0.2, 0.25) is 0 Å². The summed E-state index contributed by atoms with van der Waals surface area (Å²) in [5, 5.41) is 12.1. The van der Waals surface area contributed by atoms with Gasteiger partial charge >= 0.3 is 0 Å². The summed E-state index contributed by atoms with van der Waals surface area (Å²) in [6.07, 6.45) is 2.39. The number of piperidine rings is 1. The molecule has 33 heavy (non-hydrogen) atoms. The first-order chi connectivity index (χ1) is 16.1. The molecule has 0 radical (unpaired) electrons. The molecule has 3 atom stereocenters. The van der Waals surface area contributed by atoms with Gasteiger partial charge in [0.05, 0.1) is 0 Å². The third kappa shape index (κ3) is 4.77. The summed E-state index contributed by atoms with van der Waals surface area (Å²) in [4.78, 5) is 5.07. The van der Waals surface area contributed by atoms with E-state index >= 15 is 0 Å². The minimum absolute atomic E-state index is 0.178. The van der Waals surface area contributed by atoms with Crippen LogP contribution >= 0.6 is 0 Å². The zero-order valence-corrected chi connectivity index (χ0v) is 19.7. The number of benzene rings is 3. The molecule has 0 bridgehead atoms. The van der Waals surface area contributed by atoms with Crippen molar-refractivity contribution in [3.63, 3.8) is 0 Å². The molecule has 3 aromatic rings. The topological polar surface area (TPSA) is 26.7 Å². The Morgan fingerprint density at radius 3 is 2.03 bits per heavy atom. The highest BCUT2D eigenvalue weighted by Crippen LogP contribution is 2.42. The largest absolute Gasteiger partial charge is 0.383 e. The lowest BCUT2D eigenvalue weighted by Crippen LogP contribution is -2.45. The van der Waals surface area contributed by atoms with Crippen LogP contribution in [0.1, 0.15) is 42.4 Å². The highest BCUT2D eigenvalue weighted by Gasteiger charge is 2.51. The maximum Gasteiger partial charge on any atom is 0.108 e. The smallest absolute Gasteiger partial charge is 0.108 e. The molecule has 0 saturated carbocycles. The Morgan fingerprint density at radius 1 is 0.818 bits per heavy atom. The highest BCUT2D eigenvalue weighted by atomic mass is 16.3. The summed E-state index contributed by atoms with van der Waals surface area (Å²) in [7, 11) is 0. The van der Waals surface area contributed by atoms with Crippen molar-refractivity contribution in [2.24, 2.45) is 5.92 Å². The average molecular weight is 441 g/mol. The van der Waals surface area contributed by atoms with Crippen molar-refractivity contribution in [1.29, 1.82) is 0 Å². The maximum absolute atomic E-state index is 12.1. The molecule has 172 valence electrons. The van der Waals surface area contributed by atoms with E-state index in [2.05, 4.69) is 102 Å². The van der Waals surface area contributed by atoms with Crippen molar-refractivity contribution < 1.29 is 5.11 Å². The first-order valence-electron chi connectivity index (χ1n) is 12.5. The Hall–Kier alpha value is -2.46. The first kappa shape index (κ1) is 22.3. The van der Waals surface area contributed by atoms with Crippen molar-refractivity contribution in [2.75, 3.05) is 26.2 Å². The van der Waals surface area contributed by atoms with Gasteiger partial charge in [-0.15, -0.1) is 0 Å². The standard InChI is InChI=1S/C30H36N2O/c1-24-29(22-31-19-17-27(18-20-31)26-13-7-3-8-14-26)30(33,28-15-9-4-10-16-28)23-32(24)21-25-11-5-2-6-12-25/h2-16,24,27,29,33H,17-23H2,1H3/t24-,29+,30?/m0/s1. The molecule has 1 unspecified atom stereocenters. The van der Waals surface area contributed by atoms with Crippen LogP contribution in [0.3, 0.4) is 0 Å². The van der Waals surface area contributed by atoms with E-state index in [4.69, 9.17) is 0 Å². The molecule has 3 aromatic carbocycles. The van der Waals surface area contributed by atoms with E-state index in [0.29, 0.717) is 18.5 Å². The molecule has 0 aromatic heterocycles. The van der Waals surface area contributed by atoms with Crippen LogP contribution in [0.5, 0.6) is 0 Å². The van der Waals surface area contributed by atoms with Gasteiger partial charge in [0.15, 0.2) is 0 Å². The van der Waals surface area contributed by atoms with Crippen molar-refractivity contribution >= 4 is 0 Å². The summed E-state index contributed by atoms with van der Waals surface area (Å²) in [6.45, 7) is 7.02. The second-order valence-electron chi connectivity index (χ2n) is 10.0. The van der Waals surface area contributed by atoms with Crippen LogP contribution in [0.4, 0.5) is 0 Å². The normalized spacial score (nSPS) is 27.1. The van der Waals surface area contributed by atoms with E-state index in [1.54, 1.807) is 0 Å². The van der Waals surface area contributed by atoms with E-state index < -0.39 is 5.60 Å². The van der Waals surface area contributed by atoms with Crippen molar-refractivity contribution in [1.82, 2.24) is 9.80 Å². The zero-order valence-electron chi connectivity index (χ0n) is 19.7. The highest BCUT2D eigenvalue weighted by molar-refractivity contribution is 5.28. The average Bonchev–Trinajstić information content (AvgIpc) is 3.11. The van der Waals surface area contributed by atoms with E-state index in [-0.39, 0.29) is 5.92 Å². The van der Waals surface area contributed by atoms with Gasteiger partial charge in [0.1, 0.15) is 5.60 Å². The maximum atomic E-state index is 12.1. The lowest BCUT2D eigenvalue weighted by atomic mass is 9.80. The number of rotatable bonds is 6. The van der Waals surface area contributed by atoms with Gasteiger partial charge in [0.25, 0.3) is 0 Å². The summed E-state index contributed by atoms with van der Waals surface area (Å²) >= 11 is 0. The van der Waals surface area contributed by atoms with Gasteiger partial charge in [-0.25, -0.2) is 0 Å². The molecule has 0 amide bonds. The quantitative estimate of drug-likeness (QED) is 0.565. The Morgan fingerprint density at radius 2 is 1.39 bits per heavy atom. The zero-order chi connectivity index (χ0) is 22.7. The van der Waals surface area contributed by atoms with Crippen LogP contribution < -0.4 is 0 Å². The molecule has 2 aliphatic heterocycles. The van der Waals surface area contributed by atoms with Gasteiger partial charge < -0.3 is 10.0 Å². The second-order valence-corrected chi connectivity index (χ2v) is 10.0. The fourth-order valence-electron chi connectivity index (χ4n) is 6.03. The molecular formula is C30H36N2O. The molecule has 2 saturated heterocycles. The molecule has 2 heterocycles. The molecule has 3 nitrogen and oxygen atoms in total. The van der Waals surface area contributed by atoms with Gasteiger partial charge in [-0.05, 0) is 55.5 Å². The van der Waals surface area contributed by atoms with Crippen LogP contribution in [0, 0.1) is 5.92 Å².